The van der Waals surface area contributed by atoms with Gasteiger partial charge < -0.3 is 9.32 Å². The summed E-state index contributed by atoms with van der Waals surface area (Å²) >= 11 is 1.69. The van der Waals surface area contributed by atoms with Crippen molar-refractivity contribution in [3.05, 3.63) is 186 Å². The van der Waals surface area contributed by atoms with Gasteiger partial charge in [-0.2, -0.15) is 0 Å². The summed E-state index contributed by atoms with van der Waals surface area (Å²) in [5, 5.41) is 3.24. The molecule has 3 aromatic heterocycles. The molecule has 10 rings (SSSR count). The van der Waals surface area contributed by atoms with Crippen LogP contribution in [0.1, 0.15) is 0 Å². The fraction of sp³-hybridized carbons (Fsp3) is 0. The number of hydrogen-bond donors (Lipinski definition) is 0. The van der Waals surface area contributed by atoms with E-state index in [0.29, 0.717) is 27.8 Å². The van der Waals surface area contributed by atoms with E-state index in [-0.39, 0.29) is 5.43 Å². The second kappa shape index (κ2) is 12.7. The summed E-state index contributed by atoms with van der Waals surface area (Å²) in [5.41, 5.74) is 8.52. The molecule has 0 fully saturated rings. The molecule has 6 heteroatoms. The number of thiophene rings is 1. The number of rotatable bonds is 6. The number of hydrogen-bond acceptors (Lipinski definition) is 6. The molecule has 0 saturated heterocycles. The maximum absolute atomic E-state index is 14.4. The molecule has 10 aromatic rings. The van der Waals surface area contributed by atoms with Crippen LogP contribution < -0.4 is 10.3 Å². The van der Waals surface area contributed by atoms with Gasteiger partial charge in [-0.1, -0.05) is 109 Å². The highest BCUT2D eigenvalue weighted by atomic mass is 32.1. The molecular weight excluding hydrogens is 671 g/mol. The number of nitrogens with zero attached hydrogens (tertiary/aromatic N) is 3. The third-order valence-corrected chi connectivity index (χ3v) is 10.9. The molecule has 53 heavy (non-hydrogen) atoms. The minimum absolute atomic E-state index is 0.0708. The highest BCUT2D eigenvalue weighted by Crippen LogP contribution is 2.45. The van der Waals surface area contributed by atoms with Crippen LogP contribution in [-0.2, 0) is 0 Å². The fourth-order valence-electron chi connectivity index (χ4n) is 7.12. The van der Waals surface area contributed by atoms with Crippen LogP contribution in [0.5, 0.6) is 0 Å². The Kier molecular flexibility index (Phi) is 7.41. The van der Waals surface area contributed by atoms with Crippen molar-refractivity contribution in [1.82, 2.24) is 9.97 Å². The summed E-state index contributed by atoms with van der Waals surface area (Å²) in [6.45, 7) is 0. The van der Waals surface area contributed by atoms with Crippen molar-refractivity contribution in [2.45, 2.75) is 0 Å². The van der Waals surface area contributed by atoms with Gasteiger partial charge in [0.15, 0.2) is 5.82 Å². The second-order valence-corrected chi connectivity index (χ2v) is 14.0. The lowest BCUT2D eigenvalue weighted by atomic mass is 10.0. The van der Waals surface area contributed by atoms with Gasteiger partial charge in [-0.15, -0.1) is 11.3 Å². The minimum atomic E-state index is -0.0708. The van der Waals surface area contributed by atoms with Crippen LogP contribution in [0.2, 0.25) is 0 Å². The Bertz CT molecular complexity index is 2920. The molecule has 0 radical (unpaired) electrons. The maximum Gasteiger partial charge on any atom is 0.200 e. The van der Waals surface area contributed by atoms with Gasteiger partial charge in [-0.25, -0.2) is 9.97 Å². The van der Waals surface area contributed by atoms with E-state index in [4.69, 9.17) is 14.4 Å². The van der Waals surface area contributed by atoms with Crippen LogP contribution in [0.4, 0.5) is 17.1 Å². The molecule has 0 unspecified atom stereocenters. The van der Waals surface area contributed by atoms with Gasteiger partial charge in [-0.05, 0) is 66.7 Å². The maximum atomic E-state index is 14.4. The summed E-state index contributed by atoms with van der Waals surface area (Å²) < 4.78 is 8.67. The van der Waals surface area contributed by atoms with Crippen molar-refractivity contribution < 1.29 is 4.42 Å². The monoisotopic (exact) mass is 699 g/mol. The summed E-state index contributed by atoms with van der Waals surface area (Å²) in [6, 6.07) is 59.0. The Hall–Kier alpha value is -6.89. The summed E-state index contributed by atoms with van der Waals surface area (Å²) in [7, 11) is 0. The Labute approximate surface area is 308 Å². The van der Waals surface area contributed by atoms with Gasteiger partial charge in [-0.3, -0.25) is 4.79 Å². The molecule has 5 nitrogen and oxygen atoms in total. The standard InChI is InChI=1S/C47H29N3O2S/c51-45-37-26-32(40-29-39(30-14-5-1-6-15-30)48-47(49-40)31-16-7-2-8-17-31)24-25-42(37)52-43-27-36-35-22-13-23-41(46(35)53-44(36)28-38(43)45)50(33-18-9-3-10-19-33)34-20-11-4-12-21-34/h1-29H. The molecule has 0 spiro atoms. The predicted molar refractivity (Wildman–Crippen MR) is 219 cm³/mol. The molecular formula is C47H29N3O2S. The second-order valence-electron chi connectivity index (χ2n) is 12.9. The first-order valence-corrected chi connectivity index (χ1v) is 18.3. The van der Waals surface area contributed by atoms with E-state index in [1.165, 1.54) is 0 Å². The molecule has 7 aromatic carbocycles. The van der Waals surface area contributed by atoms with Crippen LogP contribution >= 0.6 is 11.3 Å². The highest BCUT2D eigenvalue weighted by Gasteiger charge is 2.20. The van der Waals surface area contributed by atoms with Crippen LogP contribution in [0.3, 0.4) is 0 Å². The Morgan fingerprint density at radius 2 is 1.08 bits per heavy atom. The van der Waals surface area contributed by atoms with Crippen molar-refractivity contribution in [2.75, 3.05) is 4.90 Å². The fourth-order valence-corrected chi connectivity index (χ4v) is 8.34. The molecule has 0 saturated carbocycles. The van der Waals surface area contributed by atoms with Crippen molar-refractivity contribution in [3.63, 3.8) is 0 Å². The third kappa shape index (κ3) is 5.44. The Balaban J connectivity index is 1.13. The number of fused-ring (bicyclic) bond motifs is 5. The summed E-state index contributed by atoms with van der Waals surface area (Å²) in [4.78, 5) is 26.6. The molecule has 0 aliphatic heterocycles. The van der Waals surface area contributed by atoms with Crippen LogP contribution in [0, 0.1) is 0 Å². The van der Waals surface area contributed by atoms with Crippen LogP contribution in [0.15, 0.2) is 185 Å². The summed E-state index contributed by atoms with van der Waals surface area (Å²) in [6.07, 6.45) is 0. The Morgan fingerprint density at radius 3 is 1.75 bits per heavy atom. The van der Waals surface area contributed by atoms with Gasteiger partial charge in [0.25, 0.3) is 0 Å². The number of para-hydroxylation sites is 2. The van der Waals surface area contributed by atoms with Crippen LogP contribution in [-0.4, -0.2) is 9.97 Å². The van der Waals surface area contributed by atoms with E-state index in [0.717, 1.165) is 65.3 Å². The van der Waals surface area contributed by atoms with Crippen LogP contribution in [0.25, 0.3) is 76.0 Å². The molecule has 3 heterocycles. The zero-order valence-corrected chi connectivity index (χ0v) is 29.1. The first kappa shape index (κ1) is 30.9. The first-order valence-electron chi connectivity index (χ1n) is 17.4. The highest BCUT2D eigenvalue weighted by molar-refractivity contribution is 7.26. The third-order valence-electron chi connectivity index (χ3n) is 9.66. The zero-order valence-electron chi connectivity index (χ0n) is 28.3. The lowest BCUT2D eigenvalue weighted by Crippen LogP contribution is -2.09. The zero-order chi connectivity index (χ0) is 35.3. The molecule has 0 atom stereocenters. The van der Waals surface area contributed by atoms with E-state index in [2.05, 4.69) is 71.6 Å². The van der Waals surface area contributed by atoms with E-state index in [9.17, 15) is 4.79 Å². The van der Waals surface area contributed by atoms with Crippen molar-refractivity contribution >= 4 is 70.5 Å². The lowest BCUT2D eigenvalue weighted by Gasteiger charge is -2.25. The average Bonchev–Trinajstić information content (AvgIpc) is 3.60. The van der Waals surface area contributed by atoms with Gasteiger partial charge >= 0.3 is 0 Å². The van der Waals surface area contributed by atoms with E-state index in [1.807, 2.05) is 109 Å². The quantitative estimate of drug-likeness (QED) is 0.162. The summed E-state index contributed by atoms with van der Waals surface area (Å²) in [5.74, 6) is 0.622. The number of anilines is 3. The topological polar surface area (TPSA) is 59.2 Å². The molecule has 0 bridgehead atoms. The van der Waals surface area contributed by atoms with E-state index in [1.54, 1.807) is 11.3 Å². The van der Waals surface area contributed by atoms with Gasteiger partial charge in [0.2, 0.25) is 5.43 Å². The molecule has 0 aliphatic carbocycles. The molecule has 0 aliphatic rings. The Morgan fingerprint density at radius 1 is 0.472 bits per heavy atom. The SMILES string of the molecule is O=c1c2cc(-c3cc(-c4ccccc4)nc(-c4ccccc4)n3)ccc2oc2cc3c(cc12)sc1c(N(c2ccccc2)c2ccccc2)cccc13. The normalized spacial score (nSPS) is 11.5. The molecule has 0 N–H and O–H groups in total. The van der Waals surface area contributed by atoms with Crippen molar-refractivity contribution in [2.24, 2.45) is 0 Å². The predicted octanol–water partition coefficient (Wildman–Crippen LogP) is 12.6. The minimum Gasteiger partial charge on any atom is -0.456 e. The van der Waals surface area contributed by atoms with E-state index < -0.39 is 0 Å². The van der Waals surface area contributed by atoms with Gasteiger partial charge in [0, 0.05) is 43.5 Å². The molecule has 250 valence electrons. The number of benzene rings is 7. The van der Waals surface area contributed by atoms with Crippen molar-refractivity contribution in [1.29, 1.82) is 0 Å². The van der Waals surface area contributed by atoms with Gasteiger partial charge in [0.05, 0.1) is 32.5 Å². The smallest absolute Gasteiger partial charge is 0.200 e. The largest absolute Gasteiger partial charge is 0.456 e. The lowest BCUT2D eigenvalue weighted by molar-refractivity contribution is 0.660. The molecule has 0 amide bonds. The van der Waals surface area contributed by atoms with Gasteiger partial charge in [0.1, 0.15) is 11.2 Å². The van der Waals surface area contributed by atoms with Crippen molar-refractivity contribution in [3.8, 4) is 33.9 Å². The van der Waals surface area contributed by atoms with E-state index >= 15 is 0 Å². The average molecular weight is 700 g/mol. The number of aromatic nitrogens is 2. The first-order chi connectivity index (χ1) is 26.2.